The number of aryl methyl sites for hydroxylation is 1. The third kappa shape index (κ3) is 4.56. The number of anilines is 2. The van der Waals surface area contributed by atoms with Gasteiger partial charge >= 0.3 is 0 Å². The van der Waals surface area contributed by atoms with Crippen LogP contribution >= 0.6 is 23.2 Å². The van der Waals surface area contributed by atoms with Crippen LogP contribution in [0.4, 0.5) is 11.6 Å². The van der Waals surface area contributed by atoms with Crippen LogP contribution in [0.2, 0.25) is 10.0 Å². The quantitative estimate of drug-likeness (QED) is 0.284. The summed E-state index contributed by atoms with van der Waals surface area (Å²) >= 11 is 12.6. The zero-order valence-corrected chi connectivity index (χ0v) is 23.0. The van der Waals surface area contributed by atoms with Crippen molar-refractivity contribution in [2.75, 3.05) is 31.5 Å². The van der Waals surface area contributed by atoms with Gasteiger partial charge < -0.3 is 20.2 Å². The maximum Gasteiger partial charge on any atom is 0.261 e. The highest BCUT2D eigenvalue weighted by Gasteiger charge is 2.26. The number of para-hydroxylation sites is 1. The van der Waals surface area contributed by atoms with Gasteiger partial charge in [-0.3, -0.25) is 4.79 Å². The van der Waals surface area contributed by atoms with E-state index in [1.54, 1.807) is 66.2 Å². The zero-order valence-electron chi connectivity index (χ0n) is 20.7. The largest absolute Gasteiger partial charge is 0.323 e. The van der Waals surface area contributed by atoms with Gasteiger partial charge in [0.25, 0.3) is 5.56 Å². The number of nitrogens with zero attached hydrogens (tertiary/aromatic N) is 4. The number of imidazole rings is 1. The lowest BCUT2D eigenvalue weighted by Crippen LogP contribution is -2.46. The topological polar surface area (TPSA) is 125 Å². The van der Waals surface area contributed by atoms with E-state index in [4.69, 9.17) is 23.2 Å². The number of H-pyrrole nitrogens is 1. The maximum atomic E-state index is 13.3. The van der Waals surface area contributed by atoms with Crippen LogP contribution in [0, 0.1) is 0 Å². The van der Waals surface area contributed by atoms with E-state index < -0.39 is 10.0 Å². The molecule has 0 aliphatic carbocycles. The molecule has 6 rings (SSSR count). The number of aromatic amines is 1. The standard InChI is InChI=1S/C26H23Cl2N7O3S/c1-34-23-20(31-26(34)32-22-17(27)3-2-4-18(22)28)10-9-19-21(23)25(36)33-24(30-19)15-5-7-16(8-6-15)39(37,38)35-13-11-29-12-14-35/h2-10,29H,11-14H2,1H3,(H,31,32)(H,30,33,36). The summed E-state index contributed by atoms with van der Waals surface area (Å²) in [5.41, 5.74) is 2.43. The third-order valence-electron chi connectivity index (χ3n) is 6.75. The van der Waals surface area contributed by atoms with Gasteiger partial charge in [0.05, 0.1) is 42.6 Å². The average Bonchev–Trinajstić information content (AvgIpc) is 3.26. The number of sulfonamides is 1. The second kappa shape index (κ2) is 9.92. The summed E-state index contributed by atoms with van der Waals surface area (Å²) in [7, 11) is -1.81. The predicted octanol–water partition coefficient (Wildman–Crippen LogP) is 4.12. The molecule has 0 unspecified atom stereocenters. The Morgan fingerprint density at radius 3 is 2.28 bits per heavy atom. The van der Waals surface area contributed by atoms with Gasteiger partial charge in [-0.25, -0.2) is 18.4 Å². The smallest absolute Gasteiger partial charge is 0.261 e. The van der Waals surface area contributed by atoms with Crippen molar-refractivity contribution in [3.8, 4) is 11.4 Å². The highest BCUT2D eigenvalue weighted by atomic mass is 35.5. The normalized spacial score (nSPS) is 14.7. The van der Waals surface area contributed by atoms with Gasteiger partial charge in [-0.1, -0.05) is 29.3 Å². The van der Waals surface area contributed by atoms with Gasteiger partial charge in [-0.2, -0.15) is 4.31 Å². The van der Waals surface area contributed by atoms with Crippen molar-refractivity contribution in [2.24, 2.45) is 7.05 Å². The first-order chi connectivity index (χ1) is 18.7. The molecule has 5 aromatic rings. The Bertz CT molecular complexity index is 1880. The Morgan fingerprint density at radius 1 is 0.923 bits per heavy atom. The van der Waals surface area contributed by atoms with Crippen LogP contribution < -0.4 is 16.2 Å². The van der Waals surface area contributed by atoms with Crippen LogP contribution in [-0.4, -0.2) is 58.4 Å². The second-order valence-electron chi connectivity index (χ2n) is 9.14. The molecule has 2 aromatic heterocycles. The van der Waals surface area contributed by atoms with Crippen molar-refractivity contribution >= 4 is 66.8 Å². The molecular weight excluding hydrogens is 561 g/mol. The molecule has 0 radical (unpaired) electrons. The number of piperazine rings is 1. The highest BCUT2D eigenvalue weighted by molar-refractivity contribution is 7.89. The van der Waals surface area contributed by atoms with Crippen LogP contribution in [0.25, 0.3) is 33.3 Å². The minimum Gasteiger partial charge on any atom is -0.323 e. The van der Waals surface area contributed by atoms with E-state index in [2.05, 4.69) is 25.6 Å². The number of nitrogens with one attached hydrogen (secondary N) is 3. The fraction of sp³-hybridized carbons (Fsp3) is 0.192. The first kappa shape index (κ1) is 25.8. The predicted molar refractivity (Wildman–Crippen MR) is 153 cm³/mol. The van der Waals surface area contributed by atoms with Gasteiger partial charge in [0, 0.05) is 38.8 Å². The number of benzene rings is 3. The molecule has 1 aliphatic rings. The lowest BCUT2D eigenvalue weighted by Gasteiger charge is -2.26. The molecule has 3 aromatic carbocycles. The van der Waals surface area contributed by atoms with Crippen molar-refractivity contribution in [1.82, 2.24) is 29.1 Å². The Morgan fingerprint density at radius 2 is 1.59 bits per heavy atom. The summed E-state index contributed by atoms with van der Waals surface area (Å²) in [6.45, 7) is 2.09. The fourth-order valence-corrected chi connectivity index (χ4v) is 6.66. The van der Waals surface area contributed by atoms with E-state index in [1.165, 1.54) is 4.31 Å². The van der Waals surface area contributed by atoms with Crippen LogP contribution in [0.5, 0.6) is 0 Å². The Kier molecular flexibility index (Phi) is 6.56. The summed E-state index contributed by atoms with van der Waals surface area (Å²) in [5, 5.41) is 7.57. The molecule has 3 N–H and O–H groups in total. The molecule has 1 saturated heterocycles. The average molecular weight is 584 g/mol. The highest BCUT2D eigenvalue weighted by Crippen LogP contribution is 2.34. The van der Waals surface area contributed by atoms with E-state index in [0.717, 1.165) is 0 Å². The lowest BCUT2D eigenvalue weighted by atomic mass is 10.1. The maximum absolute atomic E-state index is 13.3. The van der Waals surface area contributed by atoms with Crippen molar-refractivity contribution in [2.45, 2.75) is 4.90 Å². The summed E-state index contributed by atoms with van der Waals surface area (Å²) in [5.74, 6) is 0.790. The molecule has 0 amide bonds. The van der Waals surface area contributed by atoms with E-state index >= 15 is 0 Å². The zero-order chi connectivity index (χ0) is 27.3. The van der Waals surface area contributed by atoms with Crippen LogP contribution in [-0.2, 0) is 17.1 Å². The van der Waals surface area contributed by atoms with Crippen molar-refractivity contribution in [3.05, 3.63) is 75.0 Å². The van der Waals surface area contributed by atoms with Gasteiger partial charge in [0.15, 0.2) is 0 Å². The van der Waals surface area contributed by atoms with Crippen molar-refractivity contribution < 1.29 is 8.42 Å². The van der Waals surface area contributed by atoms with E-state index in [0.29, 0.717) is 81.2 Å². The minimum absolute atomic E-state index is 0.200. The molecule has 10 nitrogen and oxygen atoms in total. The van der Waals surface area contributed by atoms with Gasteiger partial charge in [0.1, 0.15) is 5.82 Å². The molecule has 1 aliphatic heterocycles. The van der Waals surface area contributed by atoms with Crippen LogP contribution in [0.1, 0.15) is 0 Å². The number of fused-ring (bicyclic) bond motifs is 3. The third-order valence-corrected chi connectivity index (χ3v) is 9.29. The van der Waals surface area contributed by atoms with Crippen molar-refractivity contribution in [1.29, 1.82) is 0 Å². The molecule has 39 heavy (non-hydrogen) atoms. The Labute approximate surface area is 233 Å². The van der Waals surface area contributed by atoms with Gasteiger partial charge in [0.2, 0.25) is 16.0 Å². The minimum atomic E-state index is -3.59. The van der Waals surface area contributed by atoms with Gasteiger partial charge in [-0.15, -0.1) is 0 Å². The molecule has 3 heterocycles. The van der Waals surface area contributed by atoms with Gasteiger partial charge in [-0.05, 0) is 48.5 Å². The number of aromatic nitrogens is 4. The number of halogens is 2. The molecule has 0 spiro atoms. The summed E-state index contributed by atoms with van der Waals surface area (Å²) in [4.78, 5) is 25.7. The van der Waals surface area contributed by atoms with E-state index in [1.807, 2.05) is 0 Å². The first-order valence-corrected chi connectivity index (χ1v) is 14.4. The fourth-order valence-electron chi connectivity index (χ4n) is 4.73. The number of hydrogen-bond donors (Lipinski definition) is 3. The Balaban J connectivity index is 1.37. The number of rotatable bonds is 5. The van der Waals surface area contributed by atoms with E-state index in [9.17, 15) is 13.2 Å². The second-order valence-corrected chi connectivity index (χ2v) is 11.9. The summed E-state index contributed by atoms with van der Waals surface area (Å²) in [6, 6.07) is 15.1. The summed E-state index contributed by atoms with van der Waals surface area (Å²) < 4.78 is 29.2. The molecule has 0 atom stereocenters. The molecular formula is C26H23Cl2N7O3S. The molecule has 200 valence electrons. The Hall–Kier alpha value is -3.48. The SMILES string of the molecule is Cn1c(Nc2c(Cl)cccc2Cl)nc2ccc3nc(-c4ccc(S(=O)(=O)N5CCNCC5)cc4)[nH]c(=O)c3c21. The first-order valence-electron chi connectivity index (χ1n) is 12.2. The molecule has 13 heteroatoms. The molecule has 1 fully saturated rings. The molecule has 0 bridgehead atoms. The number of hydrogen-bond acceptors (Lipinski definition) is 7. The summed E-state index contributed by atoms with van der Waals surface area (Å²) in [6.07, 6.45) is 0. The van der Waals surface area contributed by atoms with Crippen LogP contribution in [0.3, 0.4) is 0 Å². The van der Waals surface area contributed by atoms with Crippen LogP contribution in [0.15, 0.2) is 64.3 Å². The lowest BCUT2D eigenvalue weighted by molar-refractivity contribution is 0.360. The van der Waals surface area contributed by atoms with Crippen molar-refractivity contribution in [3.63, 3.8) is 0 Å². The molecule has 0 saturated carbocycles. The monoisotopic (exact) mass is 583 g/mol. The van der Waals surface area contributed by atoms with E-state index in [-0.39, 0.29) is 10.5 Å².